The van der Waals surface area contributed by atoms with Gasteiger partial charge in [0.05, 0.1) is 6.07 Å². The van der Waals surface area contributed by atoms with Gasteiger partial charge in [-0.05, 0) is 11.8 Å². The maximum Gasteiger partial charge on any atom is 0.254 e. The molecule has 2 rings (SSSR count). The van der Waals surface area contributed by atoms with Gasteiger partial charge in [0.1, 0.15) is 5.82 Å². The first-order valence-corrected chi connectivity index (χ1v) is 4.29. The van der Waals surface area contributed by atoms with E-state index in [4.69, 9.17) is 5.11 Å². The summed E-state index contributed by atoms with van der Waals surface area (Å²) in [6, 6.07) is 1.08. The van der Waals surface area contributed by atoms with E-state index in [9.17, 15) is 4.79 Å². The zero-order chi connectivity index (χ0) is 9.64. The molecule has 2 N–H and O–H groups in total. The van der Waals surface area contributed by atoms with Crippen molar-refractivity contribution in [1.82, 2.24) is 9.97 Å². The summed E-state index contributed by atoms with van der Waals surface area (Å²) < 4.78 is 0. The zero-order valence-electron chi connectivity index (χ0n) is 7.66. The Morgan fingerprint density at radius 1 is 1.69 bits per heavy atom. The zero-order valence-corrected chi connectivity index (χ0v) is 7.66. The highest BCUT2D eigenvalue weighted by molar-refractivity contribution is 5.18. The van der Waals surface area contributed by atoms with Gasteiger partial charge in [0.15, 0.2) is 0 Å². The largest absolute Gasteiger partial charge is 0.493 e. The summed E-state index contributed by atoms with van der Waals surface area (Å²) in [7, 11) is 0. The lowest BCUT2D eigenvalue weighted by molar-refractivity contribution is 0.446. The van der Waals surface area contributed by atoms with E-state index >= 15 is 0 Å². The lowest BCUT2D eigenvalue weighted by Crippen LogP contribution is -2.09. The molecule has 1 aliphatic carbocycles. The summed E-state index contributed by atoms with van der Waals surface area (Å²) in [4.78, 5) is 17.5. The maximum atomic E-state index is 11.0. The van der Waals surface area contributed by atoms with Crippen molar-refractivity contribution in [3.63, 3.8) is 0 Å². The van der Waals surface area contributed by atoms with Crippen LogP contribution in [-0.4, -0.2) is 15.1 Å². The summed E-state index contributed by atoms with van der Waals surface area (Å²) in [5.74, 6) is 0.698. The second kappa shape index (κ2) is 2.34. The molecule has 1 aromatic rings. The fourth-order valence-electron chi connectivity index (χ4n) is 1.56. The normalized spacial score (nSPS) is 24.3. The van der Waals surface area contributed by atoms with Crippen LogP contribution in [0.2, 0.25) is 0 Å². The molecule has 0 saturated heterocycles. The third-order valence-electron chi connectivity index (χ3n) is 2.59. The standard InChI is InChI=1S/C9H12N2O2/c1-9(2)4-5(9)8-10-6(12)3-7(13)11-8/h3,5H,4H2,1-2H3,(H2,10,11,12,13). The van der Waals surface area contributed by atoms with Crippen LogP contribution in [0.3, 0.4) is 0 Å². The van der Waals surface area contributed by atoms with Gasteiger partial charge in [-0.1, -0.05) is 13.8 Å². The van der Waals surface area contributed by atoms with E-state index in [0.29, 0.717) is 5.82 Å². The number of aromatic hydroxyl groups is 1. The Morgan fingerprint density at radius 3 is 2.77 bits per heavy atom. The van der Waals surface area contributed by atoms with E-state index in [1.165, 1.54) is 0 Å². The third kappa shape index (κ3) is 1.43. The van der Waals surface area contributed by atoms with Gasteiger partial charge in [-0.3, -0.25) is 4.79 Å². The van der Waals surface area contributed by atoms with Crippen molar-refractivity contribution in [3.8, 4) is 5.88 Å². The fraction of sp³-hybridized carbons (Fsp3) is 0.556. The number of aromatic nitrogens is 2. The van der Waals surface area contributed by atoms with Gasteiger partial charge in [-0.15, -0.1) is 0 Å². The molecule has 1 aromatic heterocycles. The van der Waals surface area contributed by atoms with E-state index < -0.39 is 0 Å². The minimum absolute atomic E-state index is 0.193. The van der Waals surface area contributed by atoms with E-state index in [1.807, 2.05) is 0 Å². The van der Waals surface area contributed by atoms with Crippen molar-refractivity contribution in [3.05, 3.63) is 22.2 Å². The van der Waals surface area contributed by atoms with Crippen LogP contribution in [0.25, 0.3) is 0 Å². The highest BCUT2D eigenvalue weighted by Crippen LogP contribution is 2.57. The average Bonchev–Trinajstić information content (AvgIpc) is 2.57. The van der Waals surface area contributed by atoms with Gasteiger partial charge < -0.3 is 10.1 Å². The SMILES string of the molecule is CC1(C)CC1c1nc(O)cc(=O)[nH]1. The van der Waals surface area contributed by atoms with Crippen molar-refractivity contribution >= 4 is 0 Å². The Balaban J connectivity index is 2.38. The molecule has 1 saturated carbocycles. The minimum atomic E-state index is -0.287. The molecule has 0 spiro atoms. The minimum Gasteiger partial charge on any atom is -0.493 e. The van der Waals surface area contributed by atoms with E-state index in [0.717, 1.165) is 12.5 Å². The molecule has 0 amide bonds. The van der Waals surface area contributed by atoms with Crippen LogP contribution in [-0.2, 0) is 0 Å². The van der Waals surface area contributed by atoms with Crippen LogP contribution in [0.4, 0.5) is 0 Å². The van der Waals surface area contributed by atoms with Gasteiger partial charge in [0.2, 0.25) is 5.88 Å². The summed E-state index contributed by atoms with van der Waals surface area (Å²) in [6.07, 6.45) is 1.01. The monoisotopic (exact) mass is 180 g/mol. The van der Waals surface area contributed by atoms with E-state index in [-0.39, 0.29) is 22.8 Å². The first kappa shape index (κ1) is 8.29. The van der Waals surface area contributed by atoms with E-state index in [1.54, 1.807) is 0 Å². The molecule has 0 radical (unpaired) electrons. The fourth-order valence-corrected chi connectivity index (χ4v) is 1.56. The van der Waals surface area contributed by atoms with Gasteiger partial charge in [-0.2, -0.15) is 4.98 Å². The number of H-pyrrole nitrogens is 1. The number of aromatic amines is 1. The van der Waals surface area contributed by atoms with Crippen LogP contribution in [0.1, 0.15) is 32.0 Å². The lowest BCUT2D eigenvalue weighted by atomic mass is 10.1. The second-order valence-electron chi connectivity index (χ2n) is 4.23. The highest BCUT2D eigenvalue weighted by atomic mass is 16.3. The smallest absolute Gasteiger partial charge is 0.254 e. The molecule has 1 heterocycles. The molecule has 0 aromatic carbocycles. The number of nitrogens with one attached hydrogen (secondary N) is 1. The van der Waals surface area contributed by atoms with Gasteiger partial charge in [0.25, 0.3) is 5.56 Å². The Labute approximate surface area is 75.6 Å². The molecule has 4 heteroatoms. The van der Waals surface area contributed by atoms with Crippen molar-refractivity contribution < 1.29 is 5.11 Å². The Morgan fingerprint density at radius 2 is 2.31 bits per heavy atom. The molecule has 0 bridgehead atoms. The number of hydrogen-bond donors (Lipinski definition) is 2. The molecule has 70 valence electrons. The molecular weight excluding hydrogens is 168 g/mol. The molecule has 1 aliphatic rings. The maximum absolute atomic E-state index is 11.0. The molecule has 13 heavy (non-hydrogen) atoms. The quantitative estimate of drug-likeness (QED) is 0.677. The molecule has 1 unspecified atom stereocenters. The van der Waals surface area contributed by atoms with Crippen molar-refractivity contribution in [2.24, 2.45) is 5.41 Å². The van der Waals surface area contributed by atoms with Crippen LogP contribution in [0.5, 0.6) is 5.88 Å². The average molecular weight is 180 g/mol. The summed E-state index contributed by atoms with van der Waals surface area (Å²) in [5.41, 5.74) is -0.0748. The topological polar surface area (TPSA) is 66.0 Å². The molecular formula is C9H12N2O2. The van der Waals surface area contributed by atoms with Gasteiger partial charge in [-0.25, -0.2) is 0 Å². The van der Waals surface area contributed by atoms with Crippen molar-refractivity contribution in [2.45, 2.75) is 26.2 Å². The van der Waals surface area contributed by atoms with Crippen LogP contribution in [0, 0.1) is 5.41 Å². The van der Waals surface area contributed by atoms with Gasteiger partial charge in [0, 0.05) is 5.92 Å². The Bertz CT molecular complexity index is 395. The number of rotatable bonds is 1. The van der Waals surface area contributed by atoms with Gasteiger partial charge >= 0.3 is 0 Å². The molecule has 1 fully saturated rings. The van der Waals surface area contributed by atoms with Crippen LogP contribution >= 0.6 is 0 Å². The lowest BCUT2D eigenvalue weighted by Gasteiger charge is -2.02. The first-order chi connectivity index (χ1) is 5.99. The van der Waals surface area contributed by atoms with Crippen LogP contribution < -0.4 is 5.56 Å². The van der Waals surface area contributed by atoms with Crippen molar-refractivity contribution in [1.29, 1.82) is 0 Å². The predicted molar refractivity (Wildman–Crippen MR) is 47.7 cm³/mol. The summed E-state index contributed by atoms with van der Waals surface area (Å²) >= 11 is 0. The third-order valence-corrected chi connectivity index (χ3v) is 2.59. The van der Waals surface area contributed by atoms with E-state index in [2.05, 4.69) is 23.8 Å². The second-order valence-corrected chi connectivity index (χ2v) is 4.23. The first-order valence-electron chi connectivity index (χ1n) is 4.29. The summed E-state index contributed by atoms with van der Waals surface area (Å²) in [5, 5.41) is 9.11. The summed E-state index contributed by atoms with van der Waals surface area (Å²) in [6.45, 7) is 4.23. The number of hydrogen-bond acceptors (Lipinski definition) is 3. The predicted octanol–water partition coefficient (Wildman–Crippen LogP) is 0.989. The highest BCUT2D eigenvalue weighted by Gasteiger charge is 2.48. The number of nitrogens with zero attached hydrogens (tertiary/aromatic N) is 1. The van der Waals surface area contributed by atoms with Crippen LogP contribution in [0.15, 0.2) is 10.9 Å². The van der Waals surface area contributed by atoms with Crippen molar-refractivity contribution in [2.75, 3.05) is 0 Å². The Hall–Kier alpha value is -1.32. The molecule has 0 aliphatic heterocycles. The molecule has 4 nitrogen and oxygen atoms in total. The molecule has 1 atom stereocenters. The Kier molecular flexibility index (Phi) is 1.49.